The normalized spacial score (nSPS) is 12.4. The van der Waals surface area contributed by atoms with Gasteiger partial charge in [-0.1, -0.05) is 29.8 Å². The lowest BCUT2D eigenvalue weighted by Crippen LogP contribution is -2.21. The van der Waals surface area contributed by atoms with E-state index < -0.39 is 6.10 Å². The van der Waals surface area contributed by atoms with Crippen LogP contribution in [-0.4, -0.2) is 16.6 Å². The van der Waals surface area contributed by atoms with Gasteiger partial charge in [-0.25, -0.2) is 0 Å². The van der Waals surface area contributed by atoms with Gasteiger partial charge in [0.15, 0.2) is 0 Å². The van der Waals surface area contributed by atoms with Gasteiger partial charge in [0.2, 0.25) is 0 Å². The molecule has 2 N–H and O–H groups in total. The van der Waals surface area contributed by atoms with Crippen LogP contribution in [0, 0.1) is 13.8 Å². The number of pyridine rings is 1. The van der Waals surface area contributed by atoms with Gasteiger partial charge in [0.25, 0.3) is 0 Å². The lowest BCUT2D eigenvalue weighted by Gasteiger charge is -2.15. The molecule has 0 bridgehead atoms. The van der Waals surface area contributed by atoms with Crippen LogP contribution in [0.25, 0.3) is 0 Å². The van der Waals surface area contributed by atoms with Crippen LogP contribution in [0.4, 0.5) is 0 Å². The lowest BCUT2D eigenvalue weighted by molar-refractivity contribution is 0.173. The van der Waals surface area contributed by atoms with E-state index in [2.05, 4.69) is 23.3 Å². The van der Waals surface area contributed by atoms with Crippen LogP contribution < -0.4 is 5.32 Å². The molecule has 0 saturated heterocycles. The highest BCUT2D eigenvalue weighted by atomic mass is 16.3. The minimum atomic E-state index is -0.475. The molecule has 0 spiro atoms. The van der Waals surface area contributed by atoms with Gasteiger partial charge < -0.3 is 10.4 Å². The molecule has 1 aromatic carbocycles. The van der Waals surface area contributed by atoms with Crippen molar-refractivity contribution in [3.63, 3.8) is 0 Å². The number of aromatic nitrogens is 1. The predicted molar refractivity (Wildman–Crippen MR) is 76.8 cm³/mol. The van der Waals surface area contributed by atoms with Gasteiger partial charge >= 0.3 is 0 Å². The summed E-state index contributed by atoms with van der Waals surface area (Å²) in [7, 11) is 0. The third-order valence-electron chi connectivity index (χ3n) is 3.17. The Hall–Kier alpha value is -1.71. The molecule has 0 aliphatic rings. The Labute approximate surface area is 114 Å². The van der Waals surface area contributed by atoms with Crippen molar-refractivity contribution in [2.45, 2.75) is 26.5 Å². The first-order valence-electron chi connectivity index (χ1n) is 6.51. The van der Waals surface area contributed by atoms with Crippen molar-refractivity contribution in [2.75, 3.05) is 6.54 Å². The maximum atomic E-state index is 10.2. The summed E-state index contributed by atoms with van der Waals surface area (Å²) in [6.07, 6.45) is 3.11. The van der Waals surface area contributed by atoms with Crippen LogP contribution in [0.5, 0.6) is 0 Å². The van der Waals surface area contributed by atoms with Crippen molar-refractivity contribution in [3.8, 4) is 0 Å². The van der Waals surface area contributed by atoms with E-state index >= 15 is 0 Å². The Bertz CT molecular complexity index is 526. The largest absolute Gasteiger partial charge is 0.387 e. The van der Waals surface area contributed by atoms with Gasteiger partial charge in [-0.2, -0.15) is 0 Å². The molecule has 0 amide bonds. The van der Waals surface area contributed by atoms with Gasteiger partial charge in [0.1, 0.15) is 0 Å². The Kier molecular flexibility index (Phi) is 4.66. The number of aliphatic hydroxyl groups is 1. The molecule has 19 heavy (non-hydrogen) atoms. The van der Waals surface area contributed by atoms with Gasteiger partial charge in [-0.15, -0.1) is 0 Å². The van der Waals surface area contributed by atoms with Crippen molar-refractivity contribution in [2.24, 2.45) is 0 Å². The second kappa shape index (κ2) is 6.45. The molecule has 0 radical (unpaired) electrons. The molecule has 3 nitrogen and oxygen atoms in total. The van der Waals surface area contributed by atoms with Gasteiger partial charge in [-0.05, 0) is 36.6 Å². The van der Waals surface area contributed by atoms with E-state index in [4.69, 9.17) is 0 Å². The molecule has 0 aliphatic carbocycles. The molecular weight excluding hydrogens is 236 g/mol. The van der Waals surface area contributed by atoms with Crippen LogP contribution in [0.15, 0.2) is 42.7 Å². The van der Waals surface area contributed by atoms with E-state index in [-0.39, 0.29) is 0 Å². The van der Waals surface area contributed by atoms with Crippen molar-refractivity contribution < 1.29 is 5.11 Å². The van der Waals surface area contributed by atoms with Crippen molar-refractivity contribution in [1.82, 2.24) is 10.3 Å². The molecule has 100 valence electrons. The second-order valence-electron chi connectivity index (χ2n) is 4.87. The first kappa shape index (κ1) is 13.7. The zero-order valence-electron chi connectivity index (χ0n) is 11.4. The molecule has 1 heterocycles. The average molecular weight is 256 g/mol. The number of benzene rings is 1. The Morgan fingerprint density at radius 1 is 1.26 bits per heavy atom. The summed E-state index contributed by atoms with van der Waals surface area (Å²) in [6, 6.07) is 10.1. The third kappa shape index (κ3) is 3.88. The van der Waals surface area contributed by atoms with Crippen molar-refractivity contribution in [1.29, 1.82) is 0 Å². The van der Waals surface area contributed by atoms with Gasteiger partial charge in [0, 0.05) is 25.5 Å². The summed E-state index contributed by atoms with van der Waals surface area (Å²) in [5.41, 5.74) is 4.46. The number of hydrogen-bond acceptors (Lipinski definition) is 3. The predicted octanol–water partition coefficient (Wildman–Crippen LogP) is 2.52. The Balaban J connectivity index is 1.89. The minimum Gasteiger partial charge on any atom is -0.387 e. The number of nitrogens with one attached hydrogen (secondary N) is 1. The maximum Gasteiger partial charge on any atom is 0.0917 e. The molecule has 1 aromatic heterocycles. The molecule has 0 aliphatic heterocycles. The number of aryl methyl sites for hydroxylation is 2. The van der Waals surface area contributed by atoms with Crippen LogP contribution in [0.3, 0.4) is 0 Å². The minimum absolute atomic E-state index is 0.475. The highest BCUT2D eigenvalue weighted by Crippen LogP contribution is 2.18. The Morgan fingerprint density at radius 2 is 2.11 bits per heavy atom. The monoisotopic (exact) mass is 256 g/mol. The molecule has 2 aromatic rings. The average Bonchev–Trinajstić information content (AvgIpc) is 2.39. The fourth-order valence-electron chi connectivity index (χ4n) is 2.17. The topological polar surface area (TPSA) is 45.1 Å². The molecule has 1 atom stereocenters. The van der Waals surface area contributed by atoms with Gasteiger partial charge in [-0.3, -0.25) is 4.98 Å². The molecule has 2 rings (SSSR count). The number of rotatable bonds is 5. The summed E-state index contributed by atoms with van der Waals surface area (Å²) in [5.74, 6) is 0. The lowest BCUT2D eigenvalue weighted by atomic mass is 10.0. The number of aliphatic hydroxyl groups excluding tert-OH is 1. The van der Waals surface area contributed by atoms with Crippen molar-refractivity contribution in [3.05, 3.63) is 65.0 Å². The molecule has 0 fully saturated rings. The molecule has 0 saturated carbocycles. The number of nitrogens with zero attached hydrogens (tertiary/aromatic N) is 1. The zero-order chi connectivity index (χ0) is 13.7. The van der Waals surface area contributed by atoms with Gasteiger partial charge in [0.05, 0.1) is 6.10 Å². The fraction of sp³-hybridized carbons (Fsp3) is 0.312. The first-order valence-corrected chi connectivity index (χ1v) is 6.51. The van der Waals surface area contributed by atoms with E-state index in [1.54, 1.807) is 6.20 Å². The van der Waals surface area contributed by atoms with E-state index in [1.165, 1.54) is 5.56 Å². The summed E-state index contributed by atoms with van der Waals surface area (Å²) in [6.45, 7) is 5.35. The highest BCUT2D eigenvalue weighted by Gasteiger charge is 2.09. The summed E-state index contributed by atoms with van der Waals surface area (Å²) >= 11 is 0. The molecule has 1 unspecified atom stereocenters. The first-order chi connectivity index (χ1) is 9.16. The van der Waals surface area contributed by atoms with E-state index in [9.17, 15) is 5.11 Å². The maximum absolute atomic E-state index is 10.2. The SMILES string of the molecule is Cc1ccc(C(O)CNCc2cccnc2)c(C)c1. The summed E-state index contributed by atoms with van der Waals surface area (Å²) in [4.78, 5) is 4.06. The summed E-state index contributed by atoms with van der Waals surface area (Å²) < 4.78 is 0. The zero-order valence-corrected chi connectivity index (χ0v) is 11.4. The second-order valence-corrected chi connectivity index (χ2v) is 4.87. The third-order valence-corrected chi connectivity index (χ3v) is 3.17. The van der Waals surface area contributed by atoms with Crippen LogP contribution in [-0.2, 0) is 6.54 Å². The smallest absolute Gasteiger partial charge is 0.0917 e. The quantitative estimate of drug-likeness (QED) is 0.864. The van der Waals surface area contributed by atoms with Crippen LogP contribution in [0.2, 0.25) is 0 Å². The highest BCUT2D eigenvalue weighted by molar-refractivity contribution is 5.32. The molecular formula is C16H20N2O. The van der Waals surface area contributed by atoms with E-state index in [1.807, 2.05) is 37.4 Å². The molecule has 3 heteroatoms. The number of hydrogen-bond donors (Lipinski definition) is 2. The standard InChI is InChI=1S/C16H20N2O/c1-12-5-6-15(13(2)8-12)16(19)11-18-10-14-4-3-7-17-9-14/h3-9,16,18-19H,10-11H2,1-2H3. The summed E-state index contributed by atoms with van der Waals surface area (Å²) in [5, 5.41) is 13.4. The van der Waals surface area contributed by atoms with Crippen LogP contribution >= 0.6 is 0 Å². The fourth-order valence-corrected chi connectivity index (χ4v) is 2.17. The van der Waals surface area contributed by atoms with Crippen LogP contribution in [0.1, 0.15) is 28.4 Å². The van der Waals surface area contributed by atoms with E-state index in [0.717, 1.165) is 23.2 Å². The van der Waals surface area contributed by atoms with Crippen molar-refractivity contribution >= 4 is 0 Å². The Morgan fingerprint density at radius 3 is 2.79 bits per heavy atom. The van der Waals surface area contributed by atoms with E-state index in [0.29, 0.717) is 6.54 Å².